The van der Waals surface area contributed by atoms with E-state index in [1.54, 1.807) is 19.1 Å². The minimum atomic E-state index is -3.50. The highest BCUT2D eigenvalue weighted by Gasteiger charge is 2.17. The summed E-state index contributed by atoms with van der Waals surface area (Å²) in [6.45, 7) is 0.478. The zero-order valence-corrected chi connectivity index (χ0v) is 16.7. The summed E-state index contributed by atoms with van der Waals surface area (Å²) >= 11 is 0. The van der Waals surface area contributed by atoms with Crippen molar-refractivity contribution in [2.45, 2.75) is 25.4 Å². The van der Waals surface area contributed by atoms with E-state index in [2.05, 4.69) is 10.1 Å². The Morgan fingerprint density at radius 2 is 1.86 bits per heavy atom. The molecule has 1 N–H and O–H groups in total. The second-order valence-electron chi connectivity index (χ2n) is 5.74. The highest BCUT2D eigenvalue weighted by atomic mass is 32.2. The maximum Gasteiger partial charge on any atom is 0.387 e. The van der Waals surface area contributed by atoms with E-state index in [0.717, 1.165) is 0 Å². The molecule has 0 unspecified atom stereocenters. The monoisotopic (exact) mass is 425 g/mol. The molecule has 6 nitrogen and oxygen atoms in total. The summed E-state index contributed by atoms with van der Waals surface area (Å²) in [5.74, 6) is -0.630. The van der Waals surface area contributed by atoms with Gasteiger partial charge in [0, 0.05) is 6.08 Å². The molecule has 2 aromatic rings. The molecule has 0 atom stereocenters. The van der Waals surface area contributed by atoms with Gasteiger partial charge in [-0.15, -0.1) is 0 Å². The van der Waals surface area contributed by atoms with Gasteiger partial charge >= 0.3 is 6.61 Å². The lowest BCUT2D eigenvalue weighted by molar-refractivity contribution is -0.111. The van der Waals surface area contributed by atoms with Gasteiger partial charge in [0.25, 0.3) is 0 Å². The summed E-state index contributed by atoms with van der Waals surface area (Å²) in [6, 6.07) is 10.4. The van der Waals surface area contributed by atoms with Gasteiger partial charge in [0.15, 0.2) is 21.3 Å². The molecule has 0 aliphatic rings. The lowest BCUT2D eigenvalue weighted by Gasteiger charge is -2.11. The number of para-hydroxylation sites is 1. The first-order chi connectivity index (χ1) is 13.8. The van der Waals surface area contributed by atoms with E-state index in [0.29, 0.717) is 5.56 Å². The number of sulfone groups is 1. The SMILES string of the molecule is CCOc1cc(/C=C/C(=O)Nc2ccccc2S(=O)(=O)CC)ccc1OC(F)F. The van der Waals surface area contributed by atoms with E-state index in [4.69, 9.17) is 4.74 Å². The number of hydrogen-bond donors (Lipinski definition) is 1. The zero-order chi connectivity index (χ0) is 21.4. The van der Waals surface area contributed by atoms with Crippen LogP contribution in [0.25, 0.3) is 6.08 Å². The second-order valence-corrected chi connectivity index (χ2v) is 7.99. The van der Waals surface area contributed by atoms with Gasteiger partial charge in [-0.1, -0.05) is 25.1 Å². The minimum absolute atomic E-state index is 0.0383. The minimum Gasteiger partial charge on any atom is -0.490 e. The van der Waals surface area contributed by atoms with Crippen LogP contribution >= 0.6 is 0 Å². The van der Waals surface area contributed by atoms with Crippen LogP contribution in [-0.2, 0) is 14.6 Å². The highest BCUT2D eigenvalue weighted by molar-refractivity contribution is 7.91. The molecular formula is C20H21F2NO5S. The van der Waals surface area contributed by atoms with Gasteiger partial charge in [-0.25, -0.2) is 8.42 Å². The normalized spacial score (nSPS) is 11.6. The van der Waals surface area contributed by atoms with Gasteiger partial charge < -0.3 is 14.8 Å². The molecule has 2 rings (SSSR count). The third-order valence-electron chi connectivity index (χ3n) is 3.77. The topological polar surface area (TPSA) is 81.7 Å². The summed E-state index contributed by atoms with van der Waals surface area (Å²) in [4.78, 5) is 12.3. The van der Waals surface area contributed by atoms with Crippen molar-refractivity contribution in [1.29, 1.82) is 0 Å². The molecule has 0 aromatic heterocycles. The number of benzene rings is 2. The average Bonchev–Trinajstić information content (AvgIpc) is 2.68. The quantitative estimate of drug-likeness (QED) is 0.611. The molecule has 2 aromatic carbocycles. The number of halogens is 2. The van der Waals surface area contributed by atoms with E-state index >= 15 is 0 Å². The van der Waals surface area contributed by atoms with Crippen LogP contribution in [-0.4, -0.2) is 33.3 Å². The van der Waals surface area contributed by atoms with E-state index in [1.807, 2.05) is 0 Å². The largest absolute Gasteiger partial charge is 0.490 e. The van der Waals surface area contributed by atoms with Gasteiger partial charge in [0.1, 0.15) is 0 Å². The van der Waals surface area contributed by atoms with Crippen LogP contribution in [0.2, 0.25) is 0 Å². The lowest BCUT2D eigenvalue weighted by Crippen LogP contribution is -2.13. The maximum absolute atomic E-state index is 12.5. The molecule has 29 heavy (non-hydrogen) atoms. The third kappa shape index (κ3) is 6.28. The van der Waals surface area contributed by atoms with Crippen LogP contribution in [0.15, 0.2) is 53.4 Å². The second kappa shape index (κ2) is 10.0. The Morgan fingerprint density at radius 1 is 1.14 bits per heavy atom. The molecule has 0 aliphatic carbocycles. The predicted molar refractivity (Wildman–Crippen MR) is 106 cm³/mol. The van der Waals surface area contributed by atoms with Crippen molar-refractivity contribution in [2.75, 3.05) is 17.7 Å². The molecule has 0 fully saturated rings. The predicted octanol–water partition coefficient (Wildman–Crippen LogP) is 4.13. The molecule has 0 bridgehead atoms. The van der Waals surface area contributed by atoms with Crippen molar-refractivity contribution in [2.24, 2.45) is 0 Å². The number of ether oxygens (including phenoxy) is 2. The zero-order valence-electron chi connectivity index (χ0n) is 15.9. The summed E-state index contributed by atoms with van der Waals surface area (Å²) < 4.78 is 58.9. The van der Waals surface area contributed by atoms with Crippen molar-refractivity contribution >= 4 is 27.5 Å². The number of carbonyl (C=O) groups excluding carboxylic acids is 1. The molecule has 0 spiro atoms. The standard InChI is InChI=1S/C20H21F2NO5S/c1-3-27-17-13-14(9-11-16(17)28-20(21)22)10-12-19(24)23-15-7-5-6-8-18(15)29(25,26)4-2/h5-13,20H,3-4H2,1-2H3,(H,23,24)/b12-10+. The fourth-order valence-electron chi connectivity index (χ4n) is 2.43. The average molecular weight is 425 g/mol. The Morgan fingerprint density at radius 3 is 2.52 bits per heavy atom. The molecule has 0 saturated heterocycles. The molecule has 0 heterocycles. The Bertz CT molecular complexity index is 990. The van der Waals surface area contributed by atoms with Crippen molar-refractivity contribution < 1.29 is 31.5 Å². The third-order valence-corrected chi connectivity index (χ3v) is 5.56. The summed E-state index contributed by atoms with van der Waals surface area (Å²) in [5.41, 5.74) is 0.694. The fourth-order valence-corrected chi connectivity index (χ4v) is 3.48. The first-order valence-electron chi connectivity index (χ1n) is 8.79. The van der Waals surface area contributed by atoms with Crippen molar-refractivity contribution in [3.63, 3.8) is 0 Å². The van der Waals surface area contributed by atoms with Gasteiger partial charge in [-0.3, -0.25) is 4.79 Å². The van der Waals surface area contributed by atoms with Gasteiger partial charge in [0.2, 0.25) is 5.91 Å². The van der Waals surface area contributed by atoms with Crippen LogP contribution in [0, 0.1) is 0 Å². The maximum atomic E-state index is 12.5. The first-order valence-corrected chi connectivity index (χ1v) is 10.4. The van der Waals surface area contributed by atoms with Crippen molar-refractivity contribution in [1.82, 2.24) is 0 Å². The van der Waals surface area contributed by atoms with Crippen LogP contribution in [0.3, 0.4) is 0 Å². The number of rotatable bonds is 9. The fraction of sp³-hybridized carbons (Fsp3) is 0.250. The number of alkyl halides is 2. The first kappa shape index (κ1) is 22.4. The Balaban J connectivity index is 2.19. The Kier molecular flexibility index (Phi) is 7.72. The summed E-state index contributed by atoms with van der Waals surface area (Å²) in [7, 11) is -3.50. The van der Waals surface area contributed by atoms with E-state index in [9.17, 15) is 22.0 Å². The number of nitrogens with one attached hydrogen (secondary N) is 1. The molecule has 1 amide bonds. The van der Waals surface area contributed by atoms with Gasteiger partial charge in [-0.05, 0) is 42.8 Å². The highest BCUT2D eigenvalue weighted by Crippen LogP contribution is 2.30. The lowest BCUT2D eigenvalue weighted by atomic mass is 10.2. The molecular weight excluding hydrogens is 404 g/mol. The number of carbonyl (C=O) groups is 1. The Labute approximate surface area is 168 Å². The van der Waals surface area contributed by atoms with Crippen LogP contribution in [0.4, 0.5) is 14.5 Å². The smallest absolute Gasteiger partial charge is 0.387 e. The number of anilines is 1. The van der Waals surface area contributed by atoms with E-state index < -0.39 is 22.4 Å². The molecule has 0 saturated carbocycles. The Hall–Kier alpha value is -2.94. The van der Waals surface area contributed by atoms with Crippen LogP contribution in [0.5, 0.6) is 11.5 Å². The molecule has 0 aliphatic heterocycles. The van der Waals surface area contributed by atoms with Crippen LogP contribution < -0.4 is 14.8 Å². The van der Waals surface area contributed by atoms with E-state index in [-0.39, 0.29) is 34.4 Å². The summed E-state index contributed by atoms with van der Waals surface area (Å²) in [5, 5.41) is 2.54. The molecule has 0 radical (unpaired) electrons. The van der Waals surface area contributed by atoms with E-state index in [1.165, 1.54) is 49.4 Å². The number of hydrogen-bond acceptors (Lipinski definition) is 5. The van der Waals surface area contributed by atoms with Gasteiger partial charge in [0.05, 0.1) is 22.9 Å². The van der Waals surface area contributed by atoms with Crippen molar-refractivity contribution in [3.8, 4) is 11.5 Å². The van der Waals surface area contributed by atoms with Crippen molar-refractivity contribution in [3.05, 3.63) is 54.1 Å². The molecule has 9 heteroatoms. The van der Waals surface area contributed by atoms with Gasteiger partial charge in [-0.2, -0.15) is 8.78 Å². The molecule has 156 valence electrons. The number of amides is 1. The van der Waals surface area contributed by atoms with Crippen LogP contribution in [0.1, 0.15) is 19.4 Å². The summed E-state index contributed by atoms with van der Waals surface area (Å²) in [6.07, 6.45) is 2.65.